The third-order valence-corrected chi connectivity index (χ3v) is 14.3. The van der Waals surface area contributed by atoms with Gasteiger partial charge in [-0.1, -0.05) is 149 Å². The summed E-state index contributed by atoms with van der Waals surface area (Å²) in [5.74, 6) is 1.10. The Hall–Kier alpha value is -3.42. The van der Waals surface area contributed by atoms with Crippen LogP contribution in [0.15, 0.2) is 96.1 Å². The molecule has 2 aliphatic rings. The Morgan fingerprint density at radius 1 is 0.512 bits per heavy atom. The van der Waals surface area contributed by atoms with Crippen molar-refractivity contribution in [3.8, 4) is 22.3 Å². The highest BCUT2D eigenvalue weighted by molar-refractivity contribution is 6.81. The first kappa shape index (κ1) is 27.7. The summed E-state index contributed by atoms with van der Waals surface area (Å²) in [6.45, 7) is 19.1. The minimum atomic E-state index is -1.90. The van der Waals surface area contributed by atoms with Crippen molar-refractivity contribution < 1.29 is 0 Å². The van der Waals surface area contributed by atoms with Crippen LogP contribution in [0.5, 0.6) is 0 Å². The van der Waals surface area contributed by atoms with E-state index < -0.39 is 8.07 Å². The topological polar surface area (TPSA) is 0 Å². The Balaban J connectivity index is 1.39. The van der Waals surface area contributed by atoms with Gasteiger partial charge in [-0.3, -0.25) is 0 Å². The average molecular weight is 553 g/mol. The Morgan fingerprint density at radius 3 is 1.22 bits per heavy atom. The average Bonchev–Trinajstić information content (AvgIpc) is 3.49. The number of hydrogen-bond acceptors (Lipinski definition) is 0. The van der Waals surface area contributed by atoms with Crippen molar-refractivity contribution in [2.75, 3.05) is 0 Å². The minimum Gasteiger partial charge on any atom is -0.0679 e. The molecule has 0 spiro atoms. The summed E-state index contributed by atoms with van der Waals surface area (Å²) in [7, 11) is -1.90. The Labute approximate surface area is 248 Å². The van der Waals surface area contributed by atoms with E-state index >= 15 is 0 Å². The van der Waals surface area contributed by atoms with Crippen LogP contribution in [0.2, 0.25) is 13.1 Å². The predicted octanol–water partition coefficient (Wildman–Crippen LogP) is 11.8. The summed E-state index contributed by atoms with van der Waals surface area (Å²) >= 11 is 0. The van der Waals surface area contributed by atoms with Gasteiger partial charge in [0.2, 0.25) is 0 Å². The van der Waals surface area contributed by atoms with Crippen molar-refractivity contribution in [1.29, 1.82) is 0 Å². The van der Waals surface area contributed by atoms with E-state index in [4.69, 9.17) is 0 Å². The van der Waals surface area contributed by atoms with Crippen molar-refractivity contribution >= 4 is 20.2 Å². The van der Waals surface area contributed by atoms with Crippen LogP contribution in [0.25, 0.3) is 34.4 Å². The van der Waals surface area contributed by atoms with E-state index in [9.17, 15) is 0 Å². The zero-order valence-electron chi connectivity index (χ0n) is 26.0. The molecule has 6 rings (SSSR count). The SMILES string of the molecule is CC1=Cc2c(-c3ccc(C(C)C)cc3)cccc2C1[Si](C)(C)C1C(C)=Cc2c(-c3ccc(C(C)C)cc3)cccc21. The second-order valence-electron chi connectivity index (χ2n) is 13.6. The van der Waals surface area contributed by atoms with Crippen LogP contribution in [-0.4, -0.2) is 8.07 Å². The standard InChI is InChI=1S/C40H44Si/c1-25(2)29-15-19-31(20-16-29)33-11-9-13-35-37(33)23-27(5)39(35)41(7,8)40-28(6)24-38-34(12-10-14-36(38)40)32-21-17-30(18-22-32)26(3)4/h9-26,39-40H,1-8H3. The van der Waals surface area contributed by atoms with Crippen molar-refractivity contribution in [2.45, 2.75) is 77.6 Å². The van der Waals surface area contributed by atoms with Gasteiger partial charge >= 0.3 is 0 Å². The molecule has 1 heteroatoms. The largest absolute Gasteiger partial charge is 0.0722 e. The summed E-state index contributed by atoms with van der Waals surface area (Å²) in [4.78, 5) is 0. The molecule has 0 radical (unpaired) electrons. The highest BCUT2D eigenvalue weighted by atomic mass is 28.3. The highest BCUT2D eigenvalue weighted by Gasteiger charge is 2.47. The fourth-order valence-corrected chi connectivity index (χ4v) is 12.8. The molecule has 0 nitrogen and oxygen atoms in total. The van der Waals surface area contributed by atoms with Crippen LogP contribution in [-0.2, 0) is 0 Å². The number of rotatable bonds is 6. The zero-order valence-corrected chi connectivity index (χ0v) is 27.0. The maximum Gasteiger partial charge on any atom is 0.0722 e. The maximum absolute atomic E-state index is 2.63. The fourth-order valence-electron chi connectivity index (χ4n) is 7.84. The number of allylic oxidation sites excluding steroid dienone is 2. The second kappa shape index (κ2) is 10.4. The van der Waals surface area contributed by atoms with Gasteiger partial charge < -0.3 is 0 Å². The lowest BCUT2D eigenvalue weighted by atomic mass is 9.94. The molecule has 41 heavy (non-hydrogen) atoms. The molecule has 0 saturated carbocycles. The van der Waals surface area contributed by atoms with Gasteiger partial charge in [-0.25, -0.2) is 0 Å². The van der Waals surface area contributed by atoms with Gasteiger partial charge in [-0.15, -0.1) is 0 Å². The normalized spacial score (nSPS) is 18.0. The van der Waals surface area contributed by atoms with E-state index in [1.807, 2.05) is 0 Å². The van der Waals surface area contributed by atoms with E-state index in [0.29, 0.717) is 22.9 Å². The van der Waals surface area contributed by atoms with Crippen LogP contribution >= 0.6 is 0 Å². The van der Waals surface area contributed by atoms with Gasteiger partial charge in [0.15, 0.2) is 0 Å². The lowest BCUT2D eigenvalue weighted by molar-refractivity contribution is 0.867. The second-order valence-corrected chi connectivity index (χ2v) is 18.4. The molecule has 208 valence electrons. The van der Waals surface area contributed by atoms with Gasteiger partial charge in [0.05, 0.1) is 8.07 Å². The molecule has 2 aliphatic carbocycles. The number of hydrogen-bond donors (Lipinski definition) is 0. The fraction of sp³-hybridized carbons (Fsp3) is 0.300. The summed E-state index contributed by atoms with van der Waals surface area (Å²) in [5.41, 5.74) is 18.2. The van der Waals surface area contributed by atoms with E-state index in [1.165, 1.54) is 66.8 Å². The molecule has 4 aromatic rings. The zero-order chi connectivity index (χ0) is 29.1. The van der Waals surface area contributed by atoms with Gasteiger partial charge in [0.25, 0.3) is 0 Å². The lowest BCUT2D eigenvalue weighted by Crippen LogP contribution is -2.42. The van der Waals surface area contributed by atoms with Crippen LogP contribution < -0.4 is 0 Å². The molecule has 4 aromatic carbocycles. The Bertz CT molecular complexity index is 1530. The molecule has 2 unspecified atom stereocenters. The first-order chi connectivity index (χ1) is 19.6. The molecule has 0 aliphatic heterocycles. The highest BCUT2D eigenvalue weighted by Crippen LogP contribution is 2.54. The van der Waals surface area contributed by atoms with Gasteiger partial charge in [0, 0.05) is 11.1 Å². The van der Waals surface area contributed by atoms with Crippen molar-refractivity contribution in [2.24, 2.45) is 0 Å². The summed E-state index contributed by atoms with van der Waals surface area (Å²) in [5, 5.41) is 0. The molecule has 0 saturated heterocycles. The van der Waals surface area contributed by atoms with E-state index in [-0.39, 0.29) is 0 Å². The third-order valence-electron chi connectivity index (χ3n) is 9.82. The van der Waals surface area contributed by atoms with Crippen LogP contribution in [0, 0.1) is 0 Å². The van der Waals surface area contributed by atoms with Crippen molar-refractivity contribution in [3.05, 3.63) is 129 Å². The first-order valence-corrected chi connectivity index (χ1v) is 18.6. The van der Waals surface area contributed by atoms with Crippen LogP contribution in [0.3, 0.4) is 0 Å². The molecular weight excluding hydrogens is 509 g/mol. The molecule has 0 aromatic heterocycles. The Morgan fingerprint density at radius 2 is 0.878 bits per heavy atom. The van der Waals surface area contributed by atoms with Gasteiger partial charge in [-0.2, -0.15) is 0 Å². The molecule has 0 bridgehead atoms. The van der Waals surface area contributed by atoms with E-state index in [2.05, 4.69) is 152 Å². The molecule has 0 N–H and O–H groups in total. The monoisotopic (exact) mass is 552 g/mol. The van der Waals surface area contributed by atoms with E-state index in [1.54, 1.807) is 0 Å². The first-order valence-electron chi connectivity index (χ1n) is 15.4. The van der Waals surface area contributed by atoms with Gasteiger partial charge in [0.1, 0.15) is 0 Å². The van der Waals surface area contributed by atoms with Crippen molar-refractivity contribution in [3.63, 3.8) is 0 Å². The number of benzene rings is 4. The molecule has 2 atom stereocenters. The number of fused-ring (bicyclic) bond motifs is 2. The van der Waals surface area contributed by atoms with Crippen LogP contribution in [0.4, 0.5) is 0 Å². The molecular formula is C40H44Si. The quantitative estimate of drug-likeness (QED) is 0.209. The van der Waals surface area contributed by atoms with Crippen molar-refractivity contribution in [1.82, 2.24) is 0 Å². The Kier molecular flexibility index (Phi) is 7.06. The third kappa shape index (κ3) is 4.69. The van der Waals surface area contributed by atoms with Crippen LogP contribution in [0.1, 0.15) is 97.8 Å². The molecule has 0 amide bonds. The molecule has 0 heterocycles. The smallest absolute Gasteiger partial charge is 0.0679 e. The minimum absolute atomic E-state index is 0.501. The van der Waals surface area contributed by atoms with E-state index in [0.717, 1.165) is 0 Å². The maximum atomic E-state index is 2.63. The molecule has 0 fully saturated rings. The summed E-state index contributed by atoms with van der Waals surface area (Å²) < 4.78 is 0. The lowest BCUT2D eigenvalue weighted by Gasteiger charge is -2.39. The summed E-state index contributed by atoms with van der Waals surface area (Å²) in [6.07, 6.45) is 5.00. The summed E-state index contributed by atoms with van der Waals surface area (Å²) in [6, 6.07) is 32.5. The van der Waals surface area contributed by atoms with Gasteiger partial charge in [-0.05, 0) is 81.3 Å². The predicted molar refractivity (Wildman–Crippen MR) is 182 cm³/mol.